The van der Waals surface area contributed by atoms with Crippen LogP contribution < -0.4 is 0 Å². The Morgan fingerprint density at radius 2 is 2.25 bits per heavy atom. The molecule has 70 valence electrons. The van der Waals surface area contributed by atoms with Crippen LogP contribution in [0.1, 0.15) is 13.3 Å². The molecule has 0 spiro atoms. The van der Waals surface area contributed by atoms with E-state index in [4.69, 9.17) is 0 Å². The van der Waals surface area contributed by atoms with Gasteiger partial charge >= 0.3 is 0 Å². The normalized spacial score (nSPS) is 20.8. The summed E-state index contributed by atoms with van der Waals surface area (Å²) in [4.78, 5) is 1.77. The van der Waals surface area contributed by atoms with Crippen LogP contribution in [0.3, 0.4) is 0 Å². The van der Waals surface area contributed by atoms with E-state index in [0.29, 0.717) is 6.54 Å². The Balaban J connectivity index is 2.44. The summed E-state index contributed by atoms with van der Waals surface area (Å²) in [7, 11) is 0. The van der Waals surface area contributed by atoms with Crippen molar-refractivity contribution in [3.05, 3.63) is 10.1 Å². The number of hydrogen-bond donors (Lipinski definition) is 0. The van der Waals surface area contributed by atoms with E-state index >= 15 is 0 Å². The fraction of sp³-hybridized carbons (Fsp3) is 0.750. The third-order valence-electron chi connectivity index (χ3n) is 2.02. The van der Waals surface area contributed by atoms with Crippen LogP contribution in [0.25, 0.3) is 0 Å². The van der Waals surface area contributed by atoms with Gasteiger partial charge < -0.3 is 0 Å². The number of nitrogens with zero attached hydrogens (tertiary/aromatic N) is 1. The fourth-order valence-corrected chi connectivity index (χ4v) is 1.78. The average molecular weight is 240 g/mol. The third-order valence-corrected chi connectivity index (χ3v) is 2.95. The second kappa shape index (κ2) is 4.33. The first-order valence-electron chi connectivity index (χ1n) is 3.94. The van der Waals surface area contributed by atoms with Crippen molar-refractivity contribution in [2.45, 2.75) is 19.8 Å². The van der Waals surface area contributed by atoms with Crippen LogP contribution in [0.2, 0.25) is 0 Å². The van der Waals surface area contributed by atoms with Crippen molar-refractivity contribution in [1.82, 2.24) is 4.90 Å². The minimum Gasteiger partial charge on any atom is -0.293 e. The van der Waals surface area contributed by atoms with Crippen LogP contribution in [0.4, 0.5) is 8.78 Å². The van der Waals surface area contributed by atoms with Gasteiger partial charge in [0.25, 0.3) is 6.43 Å². The SMILES string of the molecule is CC1=C(Br)CN(CC(F)F)CC1. The largest absolute Gasteiger partial charge is 0.293 e. The molecule has 0 fully saturated rings. The summed E-state index contributed by atoms with van der Waals surface area (Å²) >= 11 is 3.38. The molecule has 0 saturated heterocycles. The standard InChI is InChI=1S/C8H12BrF2N/c1-6-2-3-12(4-7(6)9)5-8(10)11/h8H,2-5H2,1H3. The molecule has 0 saturated carbocycles. The molecule has 0 aromatic carbocycles. The predicted octanol–water partition coefficient (Wildman–Crippen LogP) is 2.63. The minimum absolute atomic E-state index is 0.109. The quantitative estimate of drug-likeness (QED) is 0.717. The maximum atomic E-state index is 12.0. The van der Waals surface area contributed by atoms with Gasteiger partial charge in [0.2, 0.25) is 0 Å². The summed E-state index contributed by atoms with van der Waals surface area (Å²) < 4.78 is 25.0. The second-order valence-electron chi connectivity index (χ2n) is 3.06. The first-order valence-corrected chi connectivity index (χ1v) is 4.73. The highest BCUT2D eigenvalue weighted by molar-refractivity contribution is 9.11. The number of hydrogen-bond acceptors (Lipinski definition) is 1. The van der Waals surface area contributed by atoms with Crippen LogP contribution in [-0.2, 0) is 0 Å². The van der Waals surface area contributed by atoms with Gasteiger partial charge in [-0.2, -0.15) is 0 Å². The molecule has 1 aliphatic heterocycles. The lowest BCUT2D eigenvalue weighted by Crippen LogP contribution is -2.34. The first kappa shape index (κ1) is 10.1. The molecule has 0 aromatic rings. The van der Waals surface area contributed by atoms with Gasteiger partial charge in [0.05, 0.1) is 6.54 Å². The zero-order valence-electron chi connectivity index (χ0n) is 6.99. The molecule has 0 bridgehead atoms. The van der Waals surface area contributed by atoms with Crippen molar-refractivity contribution in [2.24, 2.45) is 0 Å². The Hall–Kier alpha value is 0.0400. The zero-order chi connectivity index (χ0) is 9.14. The van der Waals surface area contributed by atoms with E-state index < -0.39 is 6.43 Å². The summed E-state index contributed by atoms with van der Waals surface area (Å²) in [5, 5.41) is 0. The first-order chi connectivity index (χ1) is 5.59. The van der Waals surface area contributed by atoms with E-state index in [1.165, 1.54) is 5.57 Å². The lowest BCUT2D eigenvalue weighted by atomic mass is 10.1. The molecule has 1 nitrogen and oxygen atoms in total. The molecule has 0 unspecified atom stereocenters. The van der Waals surface area contributed by atoms with Crippen molar-refractivity contribution in [3.63, 3.8) is 0 Å². The number of rotatable bonds is 2. The van der Waals surface area contributed by atoms with E-state index in [-0.39, 0.29) is 6.54 Å². The van der Waals surface area contributed by atoms with E-state index in [1.54, 1.807) is 4.90 Å². The molecule has 1 rings (SSSR count). The molecule has 0 atom stereocenters. The summed E-state index contributed by atoms with van der Waals surface area (Å²) in [6, 6.07) is 0. The van der Waals surface area contributed by atoms with E-state index in [1.807, 2.05) is 6.92 Å². The highest BCUT2D eigenvalue weighted by Gasteiger charge is 2.17. The Morgan fingerprint density at radius 1 is 1.58 bits per heavy atom. The van der Waals surface area contributed by atoms with Gasteiger partial charge in [0.1, 0.15) is 0 Å². The summed E-state index contributed by atoms with van der Waals surface area (Å²) in [5.74, 6) is 0. The van der Waals surface area contributed by atoms with Crippen LogP contribution in [0.15, 0.2) is 10.1 Å². The van der Waals surface area contributed by atoms with Gasteiger partial charge in [-0.15, -0.1) is 0 Å². The molecule has 1 heterocycles. The van der Waals surface area contributed by atoms with Crippen LogP contribution in [-0.4, -0.2) is 31.0 Å². The molecule has 0 amide bonds. The topological polar surface area (TPSA) is 3.24 Å². The van der Waals surface area contributed by atoms with Crippen molar-refractivity contribution in [2.75, 3.05) is 19.6 Å². The van der Waals surface area contributed by atoms with E-state index in [2.05, 4.69) is 15.9 Å². The molecule has 12 heavy (non-hydrogen) atoms. The maximum Gasteiger partial charge on any atom is 0.251 e. The number of alkyl halides is 2. The highest BCUT2D eigenvalue weighted by atomic mass is 79.9. The molecule has 1 aliphatic rings. The summed E-state index contributed by atoms with van der Waals surface area (Å²) in [6.45, 7) is 3.31. The van der Waals surface area contributed by atoms with Crippen LogP contribution in [0.5, 0.6) is 0 Å². The monoisotopic (exact) mass is 239 g/mol. The van der Waals surface area contributed by atoms with E-state index in [0.717, 1.165) is 17.4 Å². The molecule has 0 aliphatic carbocycles. The summed E-state index contributed by atoms with van der Waals surface area (Å²) in [6.07, 6.45) is -1.32. The third kappa shape index (κ3) is 2.83. The minimum atomic E-state index is -2.22. The zero-order valence-corrected chi connectivity index (χ0v) is 8.57. The lowest BCUT2D eigenvalue weighted by Gasteiger charge is -2.27. The molecule has 0 N–H and O–H groups in total. The van der Waals surface area contributed by atoms with Gasteiger partial charge in [-0.05, 0) is 13.3 Å². The Bertz CT molecular complexity index is 191. The Morgan fingerprint density at radius 3 is 2.75 bits per heavy atom. The predicted molar refractivity (Wildman–Crippen MR) is 48.7 cm³/mol. The molecule has 0 aromatic heterocycles. The van der Waals surface area contributed by atoms with Crippen LogP contribution >= 0.6 is 15.9 Å². The molecule has 0 radical (unpaired) electrons. The lowest BCUT2D eigenvalue weighted by molar-refractivity contribution is 0.0918. The fourth-order valence-electron chi connectivity index (χ4n) is 1.22. The van der Waals surface area contributed by atoms with Gasteiger partial charge in [0.15, 0.2) is 0 Å². The van der Waals surface area contributed by atoms with Crippen molar-refractivity contribution < 1.29 is 8.78 Å². The van der Waals surface area contributed by atoms with Crippen molar-refractivity contribution in [1.29, 1.82) is 0 Å². The van der Waals surface area contributed by atoms with Crippen LogP contribution in [0, 0.1) is 0 Å². The number of halogens is 3. The molecular formula is C8H12BrF2N. The average Bonchev–Trinajstić information content (AvgIpc) is 1.96. The maximum absolute atomic E-state index is 12.0. The van der Waals surface area contributed by atoms with Gasteiger partial charge in [-0.3, -0.25) is 4.90 Å². The highest BCUT2D eigenvalue weighted by Crippen LogP contribution is 2.22. The second-order valence-corrected chi connectivity index (χ2v) is 4.02. The Kier molecular flexibility index (Phi) is 3.65. The van der Waals surface area contributed by atoms with E-state index in [9.17, 15) is 8.78 Å². The smallest absolute Gasteiger partial charge is 0.251 e. The van der Waals surface area contributed by atoms with Crippen molar-refractivity contribution in [3.8, 4) is 0 Å². The Labute approximate surface area is 79.6 Å². The van der Waals surface area contributed by atoms with Gasteiger partial charge in [-0.1, -0.05) is 21.5 Å². The summed E-state index contributed by atoms with van der Waals surface area (Å²) in [5.41, 5.74) is 1.28. The molecular weight excluding hydrogens is 228 g/mol. The van der Waals surface area contributed by atoms with Gasteiger partial charge in [-0.25, -0.2) is 8.78 Å². The molecule has 4 heteroatoms. The van der Waals surface area contributed by atoms with Crippen molar-refractivity contribution >= 4 is 15.9 Å². The van der Waals surface area contributed by atoms with Gasteiger partial charge in [0, 0.05) is 17.6 Å².